The number of fused-ring (bicyclic) bond motifs is 2. The van der Waals surface area contributed by atoms with E-state index in [0.717, 1.165) is 19.4 Å². The number of nitrogens with zero attached hydrogens (tertiary/aromatic N) is 5. The van der Waals surface area contributed by atoms with Crippen molar-refractivity contribution in [3.8, 4) is 17.3 Å². The molecule has 218 valence electrons. The minimum absolute atomic E-state index is 0.0144. The maximum atomic E-state index is 16.4. The van der Waals surface area contributed by atoms with E-state index in [1.807, 2.05) is 4.90 Å². The third-order valence-electron chi connectivity index (χ3n) is 8.81. The van der Waals surface area contributed by atoms with Crippen LogP contribution in [0.3, 0.4) is 0 Å². The van der Waals surface area contributed by atoms with Gasteiger partial charge in [0.05, 0.1) is 27.7 Å². The van der Waals surface area contributed by atoms with Gasteiger partial charge in [-0.1, -0.05) is 17.7 Å². The number of hydrogen-bond donors (Lipinski definition) is 2. The molecule has 6 rings (SSSR count). The molecule has 0 radical (unpaired) electrons. The van der Waals surface area contributed by atoms with E-state index in [9.17, 15) is 14.3 Å². The summed E-state index contributed by atoms with van der Waals surface area (Å²) in [7, 11) is 0. The summed E-state index contributed by atoms with van der Waals surface area (Å²) < 4.78 is 37.0. The van der Waals surface area contributed by atoms with Crippen LogP contribution in [0, 0.1) is 18.7 Å². The molecule has 41 heavy (non-hydrogen) atoms. The molecule has 5 heterocycles. The van der Waals surface area contributed by atoms with Crippen LogP contribution in [0.5, 0.6) is 6.01 Å². The number of aryl methyl sites for hydroxylation is 1. The fourth-order valence-electron chi connectivity index (χ4n) is 6.68. The van der Waals surface area contributed by atoms with E-state index < -0.39 is 29.4 Å². The minimum Gasteiger partial charge on any atom is -0.481 e. The van der Waals surface area contributed by atoms with Crippen LogP contribution in [0.25, 0.3) is 22.2 Å². The normalized spacial score (nSPS) is 24.9. The summed E-state index contributed by atoms with van der Waals surface area (Å²) in [5, 5.41) is 10.1. The van der Waals surface area contributed by atoms with Gasteiger partial charge in [-0.3, -0.25) is 9.69 Å². The van der Waals surface area contributed by atoms with Crippen LogP contribution in [0.15, 0.2) is 18.2 Å². The number of halogens is 3. The number of alkyl halides is 1. The monoisotopic (exact) mass is 586 g/mol. The number of carbonyl (C=O) groups is 1. The highest BCUT2D eigenvalue weighted by Gasteiger charge is 2.49. The van der Waals surface area contributed by atoms with Gasteiger partial charge in [0.2, 0.25) is 0 Å². The van der Waals surface area contributed by atoms with Crippen LogP contribution in [-0.2, 0) is 4.79 Å². The number of carboxylic acids is 1. The first kappa shape index (κ1) is 27.8. The predicted molar refractivity (Wildman–Crippen MR) is 153 cm³/mol. The maximum absolute atomic E-state index is 16.4. The molecule has 3 N–H and O–H groups in total. The highest BCUT2D eigenvalue weighted by atomic mass is 35.5. The number of carboxylic acid groups (broad SMARTS) is 1. The number of benzene rings is 1. The minimum atomic E-state index is -0.914. The number of rotatable bonds is 6. The molecule has 3 aliphatic heterocycles. The Morgan fingerprint density at radius 1 is 1.22 bits per heavy atom. The molecule has 3 saturated heterocycles. The third-order valence-corrected chi connectivity index (χ3v) is 9.10. The summed E-state index contributed by atoms with van der Waals surface area (Å²) in [5.74, 6) is -1.30. The molecule has 3 aliphatic rings. The van der Waals surface area contributed by atoms with E-state index in [2.05, 4.69) is 14.9 Å². The summed E-state index contributed by atoms with van der Waals surface area (Å²) in [4.78, 5) is 29.3. The van der Waals surface area contributed by atoms with Gasteiger partial charge in [0, 0.05) is 31.4 Å². The summed E-state index contributed by atoms with van der Waals surface area (Å²) in [6.07, 6.45) is 2.84. The number of anilines is 2. The number of aromatic nitrogens is 3. The Balaban J connectivity index is 1.45. The van der Waals surface area contributed by atoms with Gasteiger partial charge in [0.15, 0.2) is 5.82 Å². The van der Waals surface area contributed by atoms with Gasteiger partial charge in [-0.15, -0.1) is 0 Å². The Morgan fingerprint density at radius 2 is 2.05 bits per heavy atom. The van der Waals surface area contributed by atoms with E-state index >= 15 is 4.39 Å². The standard InChI is InChI=1S/C29H33ClF2N6O3/c1-16-5-6-21(33)34-24(16)22-20(30)12-19-25(23(22)32)35-28(41-15-29-8-3-10-38(29)14-18(31)13-29)36-26(19)37-9-2-4-17(7-11-37)27(39)40/h5-6,12,17-18H,2-4,7-11,13-15H2,1H3,(H2,33,34)(H,39,40)/t17?,18-,29+/m1/s1. The average molecular weight is 587 g/mol. The van der Waals surface area contributed by atoms with Crippen molar-refractivity contribution in [3.05, 3.63) is 34.6 Å². The number of aliphatic carboxylic acids is 1. The molecule has 3 fully saturated rings. The highest BCUT2D eigenvalue weighted by molar-refractivity contribution is 6.34. The van der Waals surface area contributed by atoms with Crippen molar-refractivity contribution in [2.24, 2.45) is 5.92 Å². The van der Waals surface area contributed by atoms with E-state index in [1.165, 1.54) is 0 Å². The molecule has 9 nitrogen and oxygen atoms in total. The van der Waals surface area contributed by atoms with Gasteiger partial charge in [0.25, 0.3) is 0 Å². The average Bonchev–Trinajstić information content (AvgIpc) is 3.33. The molecular formula is C29H33ClF2N6O3. The topological polar surface area (TPSA) is 118 Å². The Bertz CT molecular complexity index is 1510. The molecule has 0 saturated carbocycles. The number of ether oxygens (including phenoxy) is 1. The smallest absolute Gasteiger partial charge is 0.319 e. The van der Waals surface area contributed by atoms with Crippen LogP contribution in [-0.4, -0.2) is 75.4 Å². The maximum Gasteiger partial charge on any atom is 0.319 e. The summed E-state index contributed by atoms with van der Waals surface area (Å²) in [6, 6.07) is 5.00. The van der Waals surface area contributed by atoms with Gasteiger partial charge in [-0.25, -0.2) is 13.8 Å². The van der Waals surface area contributed by atoms with Crippen molar-refractivity contribution in [3.63, 3.8) is 0 Å². The lowest BCUT2D eigenvalue weighted by atomic mass is 9.95. The zero-order chi connectivity index (χ0) is 28.9. The van der Waals surface area contributed by atoms with Gasteiger partial charge in [0.1, 0.15) is 29.9 Å². The molecule has 1 unspecified atom stereocenters. The number of nitrogens with two attached hydrogens (primary N) is 1. The summed E-state index contributed by atoms with van der Waals surface area (Å²) >= 11 is 6.69. The van der Waals surface area contributed by atoms with Crippen molar-refractivity contribution in [2.75, 3.05) is 43.4 Å². The molecule has 3 atom stereocenters. The van der Waals surface area contributed by atoms with Crippen LogP contribution >= 0.6 is 11.6 Å². The van der Waals surface area contributed by atoms with E-state index in [0.29, 0.717) is 67.8 Å². The number of nitrogen functional groups attached to an aromatic ring is 1. The largest absolute Gasteiger partial charge is 0.481 e. The van der Waals surface area contributed by atoms with Gasteiger partial charge < -0.3 is 20.5 Å². The second-order valence-corrected chi connectivity index (χ2v) is 11.9. The van der Waals surface area contributed by atoms with E-state index in [1.54, 1.807) is 25.1 Å². The zero-order valence-corrected chi connectivity index (χ0v) is 23.6. The Kier molecular flexibility index (Phi) is 7.35. The van der Waals surface area contributed by atoms with Crippen LogP contribution in [0.1, 0.15) is 44.1 Å². The Morgan fingerprint density at radius 3 is 2.85 bits per heavy atom. The first-order chi connectivity index (χ1) is 19.6. The molecule has 0 spiro atoms. The number of pyridine rings is 1. The Hall–Kier alpha value is -3.31. The fraction of sp³-hybridized carbons (Fsp3) is 0.517. The van der Waals surface area contributed by atoms with E-state index in [4.69, 9.17) is 27.1 Å². The molecule has 0 aliphatic carbocycles. The van der Waals surface area contributed by atoms with Crippen LogP contribution < -0.4 is 15.4 Å². The third kappa shape index (κ3) is 5.14. The number of hydrogen-bond acceptors (Lipinski definition) is 8. The first-order valence-electron chi connectivity index (χ1n) is 14.1. The molecule has 1 aromatic carbocycles. The zero-order valence-electron chi connectivity index (χ0n) is 22.9. The molecular weight excluding hydrogens is 554 g/mol. The van der Waals surface area contributed by atoms with Crippen molar-refractivity contribution < 1.29 is 23.4 Å². The van der Waals surface area contributed by atoms with E-state index in [-0.39, 0.29) is 34.5 Å². The molecule has 0 bridgehead atoms. The molecule has 12 heteroatoms. The van der Waals surface area contributed by atoms with Gasteiger partial charge >= 0.3 is 12.0 Å². The van der Waals surface area contributed by atoms with Crippen molar-refractivity contribution in [1.29, 1.82) is 0 Å². The summed E-state index contributed by atoms with van der Waals surface area (Å²) in [5.41, 5.74) is 6.60. The lowest BCUT2D eigenvalue weighted by Crippen LogP contribution is -2.43. The van der Waals surface area contributed by atoms with Crippen LogP contribution in [0.2, 0.25) is 5.02 Å². The van der Waals surface area contributed by atoms with Gasteiger partial charge in [-0.05, 0) is 63.3 Å². The molecule has 2 aromatic heterocycles. The lowest BCUT2D eigenvalue weighted by Gasteiger charge is -2.31. The highest BCUT2D eigenvalue weighted by Crippen LogP contribution is 2.42. The van der Waals surface area contributed by atoms with Crippen LogP contribution in [0.4, 0.5) is 20.4 Å². The predicted octanol–water partition coefficient (Wildman–Crippen LogP) is 5.02. The summed E-state index contributed by atoms with van der Waals surface area (Å²) in [6.45, 7) is 4.14. The molecule has 3 aromatic rings. The van der Waals surface area contributed by atoms with Crippen molar-refractivity contribution in [2.45, 2.75) is 57.2 Å². The lowest BCUT2D eigenvalue weighted by molar-refractivity contribution is -0.142. The molecule has 0 amide bonds. The second-order valence-electron chi connectivity index (χ2n) is 11.5. The first-order valence-corrected chi connectivity index (χ1v) is 14.5. The van der Waals surface area contributed by atoms with Crippen molar-refractivity contribution in [1.82, 2.24) is 19.9 Å². The van der Waals surface area contributed by atoms with Crippen molar-refractivity contribution >= 4 is 40.1 Å². The van der Waals surface area contributed by atoms with Gasteiger partial charge in [-0.2, -0.15) is 9.97 Å². The Labute approximate surface area is 241 Å². The second kappa shape index (κ2) is 10.8. The SMILES string of the molecule is Cc1ccc(N)nc1-c1c(Cl)cc2c(N3CCCC(C(=O)O)CC3)nc(OC[C@@]34CCCN3C[C@H](F)C4)nc2c1F. The quantitative estimate of drug-likeness (QED) is 0.410. The fourth-order valence-corrected chi connectivity index (χ4v) is 6.96.